The maximum Gasteiger partial charge on any atom is 0.393 e. The Balaban J connectivity index is 4.17. The summed E-state index contributed by atoms with van der Waals surface area (Å²) in [5, 5.41) is 0. The molecule has 1 saturated carbocycles. The topological polar surface area (TPSA) is 0 Å². The molecule has 0 radical (unpaired) electrons. The van der Waals surface area contributed by atoms with Gasteiger partial charge >= 0.3 is 30.9 Å². The van der Waals surface area contributed by atoms with E-state index in [0.717, 1.165) is 0 Å². The Labute approximate surface area is 159 Å². The van der Waals surface area contributed by atoms with Crippen LogP contribution in [0.25, 0.3) is 0 Å². The van der Waals surface area contributed by atoms with Gasteiger partial charge in [-0.05, 0) is 11.3 Å². The van der Waals surface area contributed by atoms with Gasteiger partial charge in [0.05, 0.1) is 29.6 Å². The van der Waals surface area contributed by atoms with Crippen molar-refractivity contribution in [3.63, 3.8) is 0 Å². The summed E-state index contributed by atoms with van der Waals surface area (Å²) in [5.74, 6) is -26.8. The molecule has 0 bridgehead atoms. The Morgan fingerprint density at radius 2 is 0.433 bits per heavy atom. The predicted molar refractivity (Wildman–Crippen MR) is 70.7 cm³/mol. The number of rotatable bonds is 0. The molecule has 0 saturated heterocycles. The van der Waals surface area contributed by atoms with E-state index < -0.39 is 71.8 Å². The quantitative estimate of drug-likeness (QED) is 0.314. The molecule has 1 fully saturated rings. The van der Waals surface area contributed by atoms with E-state index in [1.54, 1.807) is 0 Å². The molecule has 0 nitrogen and oxygen atoms in total. The lowest BCUT2D eigenvalue weighted by Gasteiger charge is -2.56. The molecule has 0 N–H and O–H groups in total. The minimum absolute atomic E-state index is 0.518. The van der Waals surface area contributed by atoms with Crippen LogP contribution in [0.15, 0.2) is 0 Å². The Morgan fingerprint density at radius 1 is 0.300 bits per heavy atom. The fraction of sp³-hybridized carbons (Fsp3) is 1.00. The van der Waals surface area contributed by atoms with Crippen molar-refractivity contribution >= 4 is 0 Å². The molecule has 180 valence electrons. The van der Waals surface area contributed by atoms with E-state index in [1.165, 1.54) is 0 Å². The minimum Gasteiger partial charge on any atom is -0.171 e. The second-order valence-electron chi connectivity index (χ2n) is 8.23. The van der Waals surface area contributed by atoms with Gasteiger partial charge in [0.25, 0.3) is 0 Å². The number of alkyl halides is 15. The van der Waals surface area contributed by atoms with E-state index >= 15 is 0 Å². The first-order valence-electron chi connectivity index (χ1n) is 8.07. The maximum absolute atomic E-state index is 13.5. The summed E-state index contributed by atoms with van der Waals surface area (Å²) in [4.78, 5) is 0. The van der Waals surface area contributed by atoms with Gasteiger partial charge in [-0.3, -0.25) is 0 Å². The molecule has 0 aromatic heterocycles. The summed E-state index contributed by atoms with van der Waals surface area (Å²) in [6.45, 7) is 1.55. The SMILES string of the molecule is CC(C)(C)C1C(C(F)(F)F)C(C(F)(F)F)C(C(F)(F)F)C(C(F)(F)F)C1C(F)(F)F. The van der Waals surface area contributed by atoms with Gasteiger partial charge in [-0.15, -0.1) is 0 Å². The second kappa shape index (κ2) is 7.24. The van der Waals surface area contributed by atoms with Crippen molar-refractivity contribution in [1.29, 1.82) is 0 Å². The molecule has 4 atom stereocenters. The molecule has 15 heteroatoms. The highest BCUT2D eigenvalue weighted by atomic mass is 19.4. The van der Waals surface area contributed by atoms with Crippen LogP contribution in [0, 0.1) is 40.9 Å². The normalized spacial score (nSPS) is 33.0. The van der Waals surface area contributed by atoms with Crippen LogP contribution in [-0.4, -0.2) is 30.9 Å². The fourth-order valence-corrected chi connectivity index (χ4v) is 4.45. The van der Waals surface area contributed by atoms with Crippen LogP contribution in [0.5, 0.6) is 0 Å². The van der Waals surface area contributed by atoms with Gasteiger partial charge in [-0.25, -0.2) is 0 Å². The average Bonchev–Trinajstić information content (AvgIpc) is 2.37. The molecule has 0 aliphatic heterocycles. The number of hydrogen-bond donors (Lipinski definition) is 0. The monoisotopic (exact) mass is 480 g/mol. The molecular formula is C15H15F15. The predicted octanol–water partition coefficient (Wildman–Crippen LogP) is 7.55. The Kier molecular flexibility index (Phi) is 6.51. The van der Waals surface area contributed by atoms with Crippen LogP contribution in [0.3, 0.4) is 0 Å². The van der Waals surface area contributed by atoms with Crippen LogP contribution in [0.4, 0.5) is 65.9 Å². The van der Waals surface area contributed by atoms with E-state index in [9.17, 15) is 65.9 Å². The lowest BCUT2D eigenvalue weighted by Crippen LogP contribution is -2.66. The molecule has 0 heterocycles. The van der Waals surface area contributed by atoms with Gasteiger partial charge in [0.1, 0.15) is 0 Å². The third-order valence-corrected chi connectivity index (χ3v) is 5.21. The first-order valence-corrected chi connectivity index (χ1v) is 8.07. The standard InChI is InChI=1S/C15H15F15/c1-10(2,3)4-5(11(16,17)18)7(13(22,23)24)9(15(28,29)30)8(14(25,26)27)6(4)12(19,20)21/h4-9H,1-3H3. The van der Waals surface area contributed by atoms with Crippen molar-refractivity contribution in [3.05, 3.63) is 0 Å². The molecule has 0 aromatic rings. The Morgan fingerprint density at radius 3 is 0.533 bits per heavy atom. The number of halogens is 15. The van der Waals surface area contributed by atoms with Crippen molar-refractivity contribution in [2.24, 2.45) is 40.9 Å². The van der Waals surface area contributed by atoms with Crippen molar-refractivity contribution in [1.82, 2.24) is 0 Å². The van der Waals surface area contributed by atoms with Crippen LogP contribution < -0.4 is 0 Å². The molecule has 0 aromatic carbocycles. The molecule has 0 spiro atoms. The lowest BCUT2D eigenvalue weighted by molar-refractivity contribution is -0.397. The molecule has 4 unspecified atom stereocenters. The highest BCUT2D eigenvalue weighted by molar-refractivity contribution is 5.09. The third kappa shape index (κ3) is 5.22. The van der Waals surface area contributed by atoms with Gasteiger partial charge in [-0.1, -0.05) is 20.8 Å². The second-order valence-corrected chi connectivity index (χ2v) is 8.23. The van der Waals surface area contributed by atoms with Gasteiger partial charge in [0, 0.05) is 0 Å². The third-order valence-electron chi connectivity index (χ3n) is 5.21. The molecule has 1 rings (SSSR count). The summed E-state index contributed by atoms with van der Waals surface area (Å²) in [6, 6.07) is 0. The van der Waals surface area contributed by atoms with Crippen LogP contribution >= 0.6 is 0 Å². The largest absolute Gasteiger partial charge is 0.393 e. The molecule has 1 aliphatic rings. The summed E-state index contributed by atoms with van der Waals surface area (Å²) < 4.78 is 202. The van der Waals surface area contributed by atoms with E-state index in [1.807, 2.05) is 0 Å². The van der Waals surface area contributed by atoms with Crippen LogP contribution in [0.1, 0.15) is 20.8 Å². The van der Waals surface area contributed by atoms with Crippen LogP contribution in [-0.2, 0) is 0 Å². The molecule has 0 amide bonds. The summed E-state index contributed by atoms with van der Waals surface area (Å²) in [6.07, 6.45) is -32.3. The first-order chi connectivity index (χ1) is 12.7. The highest BCUT2D eigenvalue weighted by Crippen LogP contribution is 2.68. The highest BCUT2D eigenvalue weighted by Gasteiger charge is 2.79. The molecule has 1 aliphatic carbocycles. The van der Waals surface area contributed by atoms with Crippen LogP contribution in [0.2, 0.25) is 0 Å². The molecular weight excluding hydrogens is 465 g/mol. The van der Waals surface area contributed by atoms with Gasteiger partial charge < -0.3 is 0 Å². The summed E-state index contributed by atoms with van der Waals surface area (Å²) in [7, 11) is 0. The maximum atomic E-state index is 13.5. The van der Waals surface area contributed by atoms with Gasteiger partial charge in [0.2, 0.25) is 0 Å². The summed E-state index contributed by atoms with van der Waals surface area (Å²) >= 11 is 0. The van der Waals surface area contributed by atoms with Crippen molar-refractivity contribution in [3.8, 4) is 0 Å². The van der Waals surface area contributed by atoms with Crippen molar-refractivity contribution in [2.75, 3.05) is 0 Å². The van der Waals surface area contributed by atoms with Gasteiger partial charge in [-0.2, -0.15) is 65.9 Å². The lowest BCUT2D eigenvalue weighted by atomic mass is 9.50. The zero-order valence-electron chi connectivity index (χ0n) is 15.1. The number of hydrogen-bond acceptors (Lipinski definition) is 0. The smallest absolute Gasteiger partial charge is 0.171 e. The first kappa shape index (κ1) is 27.0. The molecule has 30 heavy (non-hydrogen) atoms. The Hall–Kier alpha value is -1.05. The van der Waals surface area contributed by atoms with E-state index in [2.05, 4.69) is 0 Å². The fourth-order valence-electron chi connectivity index (χ4n) is 4.45. The van der Waals surface area contributed by atoms with E-state index in [-0.39, 0.29) is 0 Å². The van der Waals surface area contributed by atoms with Crippen molar-refractivity contribution < 1.29 is 65.9 Å². The van der Waals surface area contributed by atoms with E-state index in [4.69, 9.17) is 0 Å². The minimum atomic E-state index is -6.66. The Bertz CT molecular complexity index is 443. The van der Waals surface area contributed by atoms with E-state index in [0.29, 0.717) is 20.8 Å². The average molecular weight is 480 g/mol. The zero-order valence-corrected chi connectivity index (χ0v) is 15.1. The van der Waals surface area contributed by atoms with Crippen molar-refractivity contribution in [2.45, 2.75) is 51.7 Å². The summed E-state index contributed by atoms with van der Waals surface area (Å²) in [5.41, 5.74) is -2.52. The zero-order chi connectivity index (χ0) is 24.5. The van der Waals surface area contributed by atoms with Gasteiger partial charge in [0.15, 0.2) is 0 Å².